The van der Waals surface area contributed by atoms with Gasteiger partial charge in [0.15, 0.2) is 0 Å². The Morgan fingerprint density at radius 2 is 1.22 bits per heavy atom. The molecule has 0 aliphatic carbocycles. The normalized spacial score (nSPS) is 10.0. The van der Waals surface area contributed by atoms with E-state index in [1.807, 2.05) is 68.4 Å². The van der Waals surface area contributed by atoms with Crippen LogP contribution in [0.2, 0.25) is 0 Å². The third-order valence-electron chi connectivity index (χ3n) is 3.75. The molecular formula is C22H17F. The van der Waals surface area contributed by atoms with E-state index in [0.29, 0.717) is 5.56 Å². The van der Waals surface area contributed by atoms with E-state index in [1.165, 1.54) is 11.1 Å². The molecule has 0 aromatic heterocycles. The molecule has 0 heterocycles. The summed E-state index contributed by atoms with van der Waals surface area (Å²) >= 11 is 0. The number of hydrogen-bond donors (Lipinski definition) is 0. The van der Waals surface area contributed by atoms with E-state index in [4.69, 9.17) is 0 Å². The molecule has 0 fully saturated rings. The maximum absolute atomic E-state index is 14.3. The first kappa shape index (κ1) is 15.1. The molecule has 0 nitrogen and oxygen atoms in total. The fraction of sp³-hybridized carbons (Fsp3) is 0.0909. The van der Waals surface area contributed by atoms with Gasteiger partial charge in [-0.25, -0.2) is 4.39 Å². The minimum absolute atomic E-state index is 0.289. The molecule has 1 heteroatoms. The van der Waals surface area contributed by atoms with E-state index in [9.17, 15) is 4.39 Å². The Hall–Kier alpha value is -2.85. The highest BCUT2D eigenvalue weighted by atomic mass is 19.1. The number of benzene rings is 3. The molecule has 0 amide bonds. The Morgan fingerprint density at radius 3 is 1.83 bits per heavy atom. The molecule has 0 unspecified atom stereocenters. The monoisotopic (exact) mass is 300 g/mol. The number of halogens is 1. The van der Waals surface area contributed by atoms with Gasteiger partial charge in [-0.15, -0.1) is 0 Å². The zero-order chi connectivity index (χ0) is 16.2. The number of rotatable bonds is 1. The van der Waals surface area contributed by atoms with E-state index in [2.05, 4.69) is 11.8 Å². The number of hydrogen-bond acceptors (Lipinski definition) is 0. The fourth-order valence-corrected chi connectivity index (χ4v) is 2.32. The van der Waals surface area contributed by atoms with E-state index in [1.54, 1.807) is 12.1 Å². The maximum atomic E-state index is 14.3. The van der Waals surface area contributed by atoms with Gasteiger partial charge in [0.05, 0.1) is 5.56 Å². The zero-order valence-electron chi connectivity index (χ0n) is 13.2. The van der Waals surface area contributed by atoms with Crippen molar-refractivity contribution in [2.45, 2.75) is 13.8 Å². The molecule has 0 spiro atoms. The summed E-state index contributed by atoms with van der Waals surface area (Å²) in [5.74, 6) is 5.63. The lowest BCUT2D eigenvalue weighted by Crippen LogP contribution is -1.86. The van der Waals surface area contributed by atoms with Crippen molar-refractivity contribution in [3.05, 3.63) is 94.8 Å². The second-order valence-corrected chi connectivity index (χ2v) is 5.68. The molecular weight excluding hydrogens is 283 g/mol. The molecule has 0 N–H and O–H groups in total. The minimum atomic E-state index is -0.289. The third kappa shape index (κ3) is 3.67. The van der Waals surface area contributed by atoms with E-state index < -0.39 is 0 Å². The topological polar surface area (TPSA) is 0 Å². The van der Waals surface area contributed by atoms with Crippen molar-refractivity contribution < 1.29 is 4.39 Å². The first-order chi connectivity index (χ1) is 11.1. The van der Waals surface area contributed by atoms with Crippen LogP contribution < -0.4 is 0 Å². The zero-order valence-corrected chi connectivity index (χ0v) is 13.2. The summed E-state index contributed by atoms with van der Waals surface area (Å²) in [5.41, 5.74) is 5.55. The lowest BCUT2D eigenvalue weighted by molar-refractivity contribution is 0.625. The molecule has 112 valence electrons. The minimum Gasteiger partial charge on any atom is -0.206 e. The lowest BCUT2D eigenvalue weighted by Gasteiger charge is -2.03. The van der Waals surface area contributed by atoms with E-state index in [-0.39, 0.29) is 5.82 Å². The quantitative estimate of drug-likeness (QED) is 0.520. The largest absolute Gasteiger partial charge is 0.206 e. The van der Waals surface area contributed by atoms with Gasteiger partial charge in [-0.05, 0) is 49.2 Å². The molecule has 0 atom stereocenters. The van der Waals surface area contributed by atoms with Gasteiger partial charge in [0.1, 0.15) is 5.82 Å². The molecule has 3 aromatic carbocycles. The van der Waals surface area contributed by atoms with Crippen molar-refractivity contribution in [1.29, 1.82) is 0 Å². The molecule has 0 saturated heterocycles. The average Bonchev–Trinajstić information content (AvgIpc) is 2.56. The average molecular weight is 300 g/mol. The van der Waals surface area contributed by atoms with Crippen LogP contribution in [0.15, 0.2) is 66.7 Å². The van der Waals surface area contributed by atoms with E-state index >= 15 is 0 Å². The molecule has 0 aliphatic heterocycles. The summed E-state index contributed by atoms with van der Waals surface area (Å²) < 4.78 is 14.3. The second-order valence-electron chi connectivity index (χ2n) is 5.68. The summed E-state index contributed by atoms with van der Waals surface area (Å²) in [6.07, 6.45) is 0. The van der Waals surface area contributed by atoms with Gasteiger partial charge in [0.2, 0.25) is 0 Å². The highest BCUT2D eigenvalue weighted by Crippen LogP contribution is 2.22. The first-order valence-corrected chi connectivity index (χ1v) is 7.57. The Balaban J connectivity index is 1.88. The van der Waals surface area contributed by atoms with Crippen molar-refractivity contribution in [3.8, 4) is 23.0 Å². The lowest BCUT2D eigenvalue weighted by atomic mass is 10.0. The van der Waals surface area contributed by atoms with Gasteiger partial charge in [-0.2, -0.15) is 0 Å². The van der Waals surface area contributed by atoms with Crippen LogP contribution >= 0.6 is 0 Å². The van der Waals surface area contributed by atoms with Crippen LogP contribution in [0.4, 0.5) is 4.39 Å². The van der Waals surface area contributed by atoms with Crippen LogP contribution in [-0.2, 0) is 0 Å². The van der Waals surface area contributed by atoms with Gasteiger partial charge in [0, 0.05) is 5.56 Å². The summed E-state index contributed by atoms with van der Waals surface area (Å²) in [6.45, 7) is 4.06. The van der Waals surface area contributed by atoms with Crippen molar-refractivity contribution in [2.75, 3.05) is 0 Å². The summed E-state index contributed by atoms with van der Waals surface area (Å²) in [7, 11) is 0. The number of aryl methyl sites for hydroxylation is 2. The van der Waals surface area contributed by atoms with Gasteiger partial charge in [-0.3, -0.25) is 0 Å². The summed E-state index contributed by atoms with van der Waals surface area (Å²) in [4.78, 5) is 0. The maximum Gasteiger partial charge on any atom is 0.139 e. The Kier molecular flexibility index (Phi) is 4.26. The van der Waals surface area contributed by atoms with Crippen LogP contribution in [-0.4, -0.2) is 0 Å². The summed E-state index contributed by atoms with van der Waals surface area (Å²) in [6, 6.07) is 21.1. The van der Waals surface area contributed by atoms with Gasteiger partial charge in [0.25, 0.3) is 0 Å². The third-order valence-corrected chi connectivity index (χ3v) is 3.75. The van der Waals surface area contributed by atoms with Crippen molar-refractivity contribution in [2.24, 2.45) is 0 Å². The Bertz CT molecular complexity index is 876. The SMILES string of the molecule is Cc1ccc(C#Cc2ccc(-c3ccc(C)cc3)cc2F)cc1. The standard InChI is InChI=1S/C22H17F/c1-16-3-7-18(8-4-16)9-12-20-13-14-21(15-22(20)23)19-10-5-17(2)6-11-19/h3-8,10-11,13-15H,1-2H3. The van der Waals surface area contributed by atoms with E-state index in [0.717, 1.165) is 16.7 Å². The molecule has 3 rings (SSSR count). The molecule has 23 heavy (non-hydrogen) atoms. The van der Waals surface area contributed by atoms with Crippen molar-refractivity contribution in [3.63, 3.8) is 0 Å². The second kappa shape index (κ2) is 6.50. The Morgan fingerprint density at radius 1 is 0.652 bits per heavy atom. The molecule has 0 bridgehead atoms. The molecule has 0 aliphatic rings. The predicted molar refractivity (Wildman–Crippen MR) is 93.7 cm³/mol. The van der Waals surface area contributed by atoms with Gasteiger partial charge >= 0.3 is 0 Å². The van der Waals surface area contributed by atoms with Crippen molar-refractivity contribution in [1.82, 2.24) is 0 Å². The highest BCUT2D eigenvalue weighted by molar-refractivity contribution is 5.65. The van der Waals surface area contributed by atoms with Crippen LogP contribution in [0, 0.1) is 31.5 Å². The Labute approximate surface area is 136 Å². The first-order valence-electron chi connectivity index (χ1n) is 7.57. The highest BCUT2D eigenvalue weighted by Gasteiger charge is 2.03. The van der Waals surface area contributed by atoms with Crippen LogP contribution in [0.3, 0.4) is 0 Å². The molecule has 0 radical (unpaired) electrons. The molecule has 0 saturated carbocycles. The fourth-order valence-electron chi connectivity index (χ4n) is 2.32. The van der Waals surface area contributed by atoms with Crippen LogP contribution in [0.5, 0.6) is 0 Å². The molecule has 3 aromatic rings. The smallest absolute Gasteiger partial charge is 0.139 e. The summed E-state index contributed by atoms with van der Waals surface area (Å²) in [5, 5.41) is 0. The van der Waals surface area contributed by atoms with Gasteiger partial charge in [-0.1, -0.05) is 65.4 Å². The van der Waals surface area contributed by atoms with Crippen LogP contribution in [0.1, 0.15) is 22.3 Å². The van der Waals surface area contributed by atoms with Crippen LogP contribution in [0.25, 0.3) is 11.1 Å². The van der Waals surface area contributed by atoms with Crippen molar-refractivity contribution >= 4 is 0 Å². The van der Waals surface area contributed by atoms with Gasteiger partial charge < -0.3 is 0 Å². The predicted octanol–water partition coefficient (Wildman–Crippen LogP) is 5.51.